The van der Waals surface area contributed by atoms with Crippen molar-refractivity contribution in [3.05, 3.63) is 29.8 Å². The molecular formula is C13H16N4O. The lowest BCUT2D eigenvalue weighted by molar-refractivity contribution is 0.100. The molecule has 0 radical (unpaired) electrons. The maximum absolute atomic E-state index is 11.0. The van der Waals surface area contributed by atoms with Gasteiger partial charge in [0.15, 0.2) is 0 Å². The normalized spacial score (nSPS) is 16.3. The van der Waals surface area contributed by atoms with Crippen molar-refractivity contribution >= 4 is 11.6 Å². The first-order valence-electron chi connectivity index (χ1n) is 5.95. The van der Waals surface area contributed by atoms with E-state index in [9.17, 15) is 4.79 Å². The number of primary amides is 1. The molecule has 94 valence electrons. The fraction of sp³-hybridized carbons (Fsp3) is 0.385. The Balaban J connectivity index is 1.97. The van der Waals surface area contributed by atoms with Gasteiger partial charge in [-0.1, -0.05) is 0 Å². The Morgan fingerprint density at radius 2 is 1.83 bits per heavy atom. The quantitative estimate of drug-likeness (QED) is 0.783. The number of hydrogen-bond acceptors (Lipinski definition) is 4. The van der Waals surface area contributed by atoms with E-state index in [1.807, 2.05) is 12.1 Å². The van der Waals surface area contributed by atoms with Crippen LogP contribution >= 0.6 is 0 Å². The molecule has 1 aliphatic rings. The smallest absolute Gasteiger partial charge is 0.248 e. The molecule has 1 amide bonds. The zero-order valence-corrected chi connectivity index (χ0v) is 10.2. The number of anilines is 1. The molecule has 0 aromatic heterocycles. The van der Waals surface area contributed by atoms with E-state index < -0.39 is 5.91 Å². The van der Waals surface area contributed by atoms with Gasteiger partial charge in [0.2, 0.25) is 5.91 Å². The van der Waals surface area contributed by atoms with E-state index in [0.29, 0.717) is 12.1 Å². The van der Waals surface area contributed by atoms with Crippen LogP contribution in [0.5, 0.6) is 0 Å². The van der Waals surface area contributed by atoms with Gasteiger partial charge < -0.3 is 10.6 Å². The number of carbonyl (C=O) groups excluding carboxylic acids is 1. The van der Waals surface area contributed by atoms with Crippen molar-refractivity contribution in [3.63, 3.8) is 0 Å². The fourth-order valence-electron chi connectivity index (χ4n) is 2.10. The van der Waals surface area contributed by atoms with Gasteiger partial charge in [-0.3, -0.25) is 9.69 Å². The largest absolute Gasteiger partial charge is 0.369 e. The third kappa shape index (κ3) is 2.79. The minimum absolute atomic E-state index is 0.402. The van der Waals surface area contributed by atoms with Crippen LogP contribution in [0.3, 0.4) is 0 Å². The molecule has 2 rings (SSSR count). The monoisotopic (exact) mass is 244 g/mol. The number of nitrogens with two attached hydrogens (primary N) is 1. The van der Waals surface area contributed by atoms with Gasteiger partial charge in [0.25, 0.3) is 0 Å². The van der Waals surface area contributed by atoms with Crippen molar-refractivity contribution in [1.82, 2.24) is 4.90 Å². The molecule has 0 unspecified atom stereocenters. The first-order chi connectivity index (χ1) is 8.70. The zero-order valence-electron chi connectivity index (χ0n) is 10.2. The molecule has 1 aromatic carbocycles. The SMILES string of the molecule is N#CCN1CCN(c2ccc(C(N)=O)cc2)CC1. The minimum atomic E-state index is -0.402. The molecule has 5 nitrogen and oxygen atoms in total. The van der Waals surface area contributed by atoms with Gasteiger partial charge in [-0.15, -0.1) is 0 Å². The van der Waals surface area contributed by atoms with Crippen molar-refractivity contribution in [3.8, 4) is 6.07 Å². The number of rotatable bonds is 3. The first-order valence-corrected chi connectivity index (χ1v) is 5.95. The number of benzene rings is 1. The number of hydrogen-bond donors (Lipinski definition) is 1. The van der Waals surface area contributed by atoms with Crippen LogP contribution in [0, 0.1) is 11.3 Å². The Kier molecular flexibility index (Phi) is 3.80. The van der Waals surface area contributed by atoms with E-state index >= 15 is 0 Å². The number of carbonyl (C=O) groups is 1. The first kappa shape index (κ1) is 12.4. The second kappa shape index (κ2) is 5.52. The Bertz CT molecular complexity index is 455. The molecule has 0 saturated carbocycles. The molecule has 18 heavy (non-hydrogen) atoms. The van der Waals surface area contributed by atoms with Crippen molar-refractivity contribution in [1.29, 1.82) is 5.26 Å². The summed E-state index contributed by atoms with van der Waals surface area (Å²) >= 11 is 0. The average Bonchev–Trinajstić information content (AvgIpc) is 2.40. The predicted molar refractivity (Wildman–Crippen MR) is 69.2 cm³/mol. The van der Waals surface area contributed by atoms with Crippen molar-refractivity contribution < 1.29 is 4.79 Å². The van der Waals surface area contributed by atoms with Crippen LogP contribution in [0.2, 0.25) is 0 Å². The molecule has 0 bridgehead atoms. The van der Waals surface area contributed by atoms with Gasteiger partial charge in [-0.05, 0) is 24.3 Å². The number of amides is 1. The summed E-state index contributed by atoms with van der Waals surface area (Å²) in [5, 5.41) is 8.63. The summed E-state index contributed by atoms with van der Waals surface area (Å²) in [7, 11) is 0. The van der Waals surface area contributed by atoms with Gasteiger partial charge >= 0.3 is 0 Å². The van der Waals surface area contributed by atoms with Gasteiger partial charge in [-0.25, -0.2) is 0 Å². The molecule has 1 saturated heterocycles. The predicted octanol–water partition coefficient (Wildman–Crippen LogP) is 0.431. The topological polar surface area (TPSA) is 73.4 Å². The Labute approximate surface area is 106 Å². The van der Waals surface area contributed by atoms with Crippen LogP contribution in [0.4, 0.5) is 5.69 Å². The molecule has 1 heterocycles. The van der Waals surface area contributed by atoms with Crippen LogP contribution in [0.25, 0.3) is 0 Å². The lowest BCUT2D eigenvalue weighted by Gasteiger charge is -2.34. The van der Waals surface area contributed by atoms with E-state index in [1.54, 1.807) is 12.1 Å². The Hall–Kier alpha value is -2.06. The highest BCUT2D eigenvalue weighted by molar-refractivity contribution is 5.93. The lowest BCUT2D eigenvalue weighted by atomic mass is 10.1. The van der Waals surface area contributed by atoms with E-state index in [2.05, 4.69) is 15.9 Å². The maximum atomic E-state index is 11.0. The molecule has 1 aromatic rings. The summed E-state index contributed by atoms with van der Waals surface area (Å²) in [4.78, 5) is 15.4. The van der Waals surface area contributed by atoms with E-state index in [4.69, 9.17) is 11.0 Å². The molecule has 2 N–H and O–H groups in total. The zero-order chi connectivity index (χ0) is 13.0. The minimum Gasteiger partial charge on any atom is -0.369 e. The number of nitriles is 1. The number of nitrogens with zero attached hydrogens (tertiary/aromatic N) is 3. The Morgan fingerprint density at radius 1 is 1.22 bits per heavy atom. The third-order valence-electron chi connectivity index (χ3n) is 3.18. The standard InChI is InChI=1S/C13H16N4O/c14-5-6-16-7-9-17(10-8-16)12-3-1-11(2-4-12)13(15)18/h1-4H,6-10H2,(H2,15,18). The van der Waals surface area contributed by atoms with Crippen molar-refractivity contribution in [2.24, 2.45) is 5.73 Å². The number of piperazine rings is 1. The molecule has 0 aliphatic carbocycles. The van der Waals surface area contributed by atoms with Crippen LogP contribution in [-0.4, -0.2) is 43.5 Å². The van der Waals surface area contributed by atoms with Crippen molar-refractivity contribution in [2.45, 2.75) is 0 Å². The van der Waals surface area contributed by atoms with Crippen LogP contribution in [0.15, 0.2) is 24.3 Å². The summed E-state index contributed by atoms with van der Waals surface area (Å²) < 4.78 is 0. The summed E-state index contributed by atoms with van der Waals surface area (Å²) in [6.07, 6.45) is 0. The highest BCUT2D eigenvalue weighted by Crippen LogP contribution is 2.17. The molecule has 0 spiro atoms. The van der Waals surface area contributed by atoms with Gasteiger partial charge in [0.05, 0.1) is 12.6 Å². The Morgan fingerprint density at radius 3 is 2.33 bits per heavy atom. The second-order valence-corrected chi connectivity index (χ2v) is 4.33. The second-order valence-electron chi connectivity index (χ2n) is 4.33. The summed E-state index contributed by atoms with van der Waals surface area (Å²) in [5.41, 5.74) is 6.83. The molecule has 1 fully saturated rings. The molecular weight excluding hydrogens is 228 g/mol. The summed E-state index contributed by atoms with van der Waals surface area (Å²) in [5.74, 6) is -0.402. The highest BCUT2D eigenvalue weighted by Gasteiger charge is 2.16. The lowest BCUT2D eigenvalue weighted by Crippen LogP contribution is -2.46. The summed E-state index contributed by atoms with van der Waals surface area (Å²) in [6, 6.07) is 9.50. The molecule has 5 heteroatoms. The van der Waals surface area contributed by atoms with Crippen molar-refractivity contribution in [2.75, 3.05) is 37.6 Å². The van der Waals surface area contributed by atoms with Gasteiger partial charge in [-0.2, -0.15) is 5.26 Å². The van der Waals surface area contributed by atoms with Crippen LogP contribution in [-0.2, 0) is 0 Å². The van der Waals surface area contributed by atoms with E-state index in [-0.39, 0.29) is 0 Å². The van der Waals surface area contributed by atoms with E-state index in [1.165, 1.54) is 0 Å². The summed E-state index contributed by atoms with van der Waals surface area (Å²) in [6.45, 7) is 4.08. The highest BCUT2D eigenvalue weighted by atomic mass is 16.1. The fourth-order valence-corrected chi connectivity index (χ4v) is 2.10. The third-order valence-corrected chi connectivity index (χ3v) is 3.18. The van der Waals surface area contributed by atoms with Crippen LogP contribution in [0.1, 0.15) is 10.4 Å². The van der Waals surface area contributed by atoms with E-state index in [0.717, 1.165) is 31.9 Å². The maximum Gasteiger partial charge on any atom is 0.248 e. The molecule has 1 aliphatic heterocycles. The van der Waals surface area contributed by atoms with Gasteiger partial charge in [0.1, 0.15) is 0 Å². The van der Waals surface area contributed by atoms with Gasteiger partial charge in [0, 0.05) is 37.4 Å². The molecule has 0 atom stereocenters. The average molecular weight is 244 g/mol. The van der Waals surface area contributed by atoms with Crippen LogP contribution < -0.4 is 10.6 Å².